The largest absolute Gasteiger partial charge is 0.465 e. The molecule has 2 nitrogen and oxygen atoms in total. The lowest BCUT2D eigenvalue weighted by molar-refractivity contribution is -0.142. The van der Waals surface area contributed by atoms with E-state index in [9.17, 15) is 4.79 Å². The molecule has 0 atom stereocenters. The summed E-state index contributed by atoms with van der Waals surface area (Å²) in [6, 6.07) is 0. The first-order chi connectivity index (χ1) is 13.8. The third-order valence-corrected chi connectivity index (χ3v) is 5.19. The fraction of sp³-hybridized carbons (Fsp3) is 0.808. The average Bonchev–Trinajstić information content (AvgIpc) is 2.70. The number of allylic oxidation sites excluding steroid dienone is 3. The van der Waals surface area contributed by atoms with Gasteiger partial charge in [-0.1, -0.05) is 108 Å². The maximum atomic E-state index is 11.7. The molecule has 0 heterocycles. The molecular formula is C26H48O2. The zero-order valence-corrected chi connectivity index (χ0v) is 19.1. The summed E-state index contributed by atoms with van der Waals surface area (Å²) in [5, 5.41) is 0. The van der Waals surface area contributed by atoms with E-state index in [2.05, 4.69) is 32.1 Å². The van der Waals surface area contributed by atoms with Gasteiger partial charge in [0.15, 0.2) is 0 Å². The summed E-state index contributed by atoms with van der Waals surface area (Å²) in [4.78, 5) is 11.7. The first-order valence-corrected chi connectivity index (χ1v) is 12.2. The van der Waals surface area contributed by atoms with E-state index in [1.165, 1.54) is 96.3 Å². The minimum Gasteiger partial charge on any atom is -0.465 e. The fourth-order valence-electron chi connectivity index (χ4n) is 3.35. The Morgan fingerprint density at radius 3 is 1.71 bits per heavy atom. The van der Waals surface area contributed by atoms with Gasteiger partial charge in [-0.3, -0.25) is 4.79 Å². The highest BCUT2D eigenvalue weighted by Gasteiger charge is 1.99. The van der Waals surface area contributed by atoms with Crippen LogP contribution in [0.15, 0.2) is 24.3 Å². The molecule has 0 aliphatic heterocycles. The number of hydrogen-bond acceptors (Lipinski definition) is 2. The van der Waals surface area contributed by atoms with Crippen molar-refractivity contribution in [3.05, 3.63) is 24.3 Å². The van der Waals surface area contributed by atoms with Gasteiger partial charge in [0.25, 0.3) is 0 Å². The van der Waals surface area contributed by atoms with Gasteiger partial charge in [-0.25, -0.2) is 0 Å². The summed E-state index contributed by atoms with van der Waals surface area (Å²) < 4.78 is 5.31. The third kappa shape index (κ3) is 23.0. The summed E-state index contributed by atoms with van der Waals surface area (Å²) in [5.41, 5.74) is 0. The van der Waals surface area contributed by atoms with Crippen LogP contribution in [0.1, 0.15) is 129 Å². The van der Waals surface area contributed by atoms with E-state index in [-0.39, 0.29) is 5.97 Å². The number of unbranched alkanes of at least 4 members (excludes halogenated alkanes) is 15. The molecule has 0 aliphatic rings. The van der Waals surface area contributed by atoms with E-state index in [1.54, 1.807) is 0 Å². The molecule has 28 heavy (non-hydrogen) atoms. The van der Waals surface area contributed by atoms with Crippen LogP contribution in [-0.2, 0) is 9.53 Å². The van der Waals surface area contributed by atoms with E-state index in [4.69, 9.17) is 4.74 Å². The zero-order chi connectivity index (χ0) is 20.5. The van der Waals surface area contributed by atoms with Crippen LogP contribution in [0.5, 0.6) is 0 Å². The van der Waals surface area contributed by atoms with Crippen molar-refractivity contribution in [2.45, 2.75) is 129 Å². The number of ether oxygens (including phenoxy) is 1. The van der Waals surface area contributed by atoms with Gasteiger partial charge in [-0.15, -0.1) is 0 Å². The second-order valence-corrected chi connectivity index (χ2v) is 7.99. The standard InChI is InChI=1S/C26H48O2/c1-3-5-7-9-11-13-15-16-18-20-22-24-26(27)28-25-23-21-19-17-14-12-10-8-6-4-2/h4,6,20,22H,3,5,7-19,21,23-25H2,1-2H3. The minimum atomic E-state index is -0.0730. The number of esters is 1. The van der Waals surface area contributed by atoms with Crippen LogP contribution in [0.4, 0.5) is 0 Å². The van der Waals surface area contributed by atoms with Crippen molar-refractivity contribution < 1.29 is 9.53 Å². The maximum absolute atomic E-state index is 11.7. The topological polar surface area (TPSA) is 26.3 Å². The fourth-order valence-corrected chi connectivity index (χ4v) is 3.35. The molecular weight excluding hydrogens is 344 g/mol. The molecule has 0 rings (SSSR count). The quantitative estimate of drug-likeness (QED) is 0.111. The first kappa shape index (κ1) is 27.0. The Kier molecular flexibility index (Phi) is 23.1. The highest BCUT2D eigenvalue weighted by atomic mass is 16.5. The van der Waals surface area contributed by atoms with E-state index < -0.39 is 0 Å². The Morgan fingerprint density at radius 2 is 1.14 bits per heavy atom. The number of carbonyl (C=O) groups is 1. The number of hydrogen-bond donors (Lipinski definition) is 0. The Bertz CT molecular complexity index is 371. The molecule has 0 amide bonds. The second-order valence-electron chi connectivity index (χ2n) is 7.99. The highest BCUT2D eigenvalue weighted by molar-refractivity contribution is 5.71. The smallest absolute Gasteiger partial charge is 0.309 e. The van der Waals surface area contributed by atoms with Gasteiger partial charge in [0.2, 0.25) is 0 Å². The molecule has 0 bridgehead atoms. The van der Waals surface area contributed by atoms with Gasteiger partial charge < -0.3 is 4.74 Å². The number of rotatable bonds is 21. The monoisotopic (exact) mass is 392 g/mol. The van der Waals surface area contributed by atoms with Crippen molar-refractivity contribution in [1.29, 1.82) is 0 Å². The van der Waals surface area contributed by atoms with Crippen molar-refractivity contribution in [3.8, 4) is 0 Å². The Balaban J connectivity index is 3.25. The Morgan fingerprint density at radius 1 is 0.643 bits per heavy atom. The molecule has 0 spiro atoms. The van der Waals surface area contributed by atoms with Gasteiger partial charge in [0, 0.05) is 0 Å². The Hall–Kier alpha value is -1.05. The molecule has 0 radical (unpaired) electrons. The molecule has 0 aromatic heterocycles. The predicted molar refractivity (Wildman–Crippen MR) is 124 cm³/mol. The lowest BCUT2D eigenvalue weighted by atomic mass is 10.1. The molecule has 0 unspecified atom stereocenters. The van der Waals surface area contributed by atoms with Crippen molar-refractivity contribution in [2.75, 3.05) is 6.61 Å². The molecule has 0 fully saturated rings. The summed E-state index contributed by atoms with van der Waals surface area (Å²) in [7, 11) is 0. The van der Waals surface area contributed by atoms with Crippen molar-refractivity contribution >= 4 is 5.97 Å². The van der Waals surface area contributed by atoms with Gasteiger partial charge >= 0.3 is 5.97 Å². The Labute approximate surface area is 176 Å². The summed E-state index contributed by atoms with van der Waals surface area (Å²) >= 11 is 0. The molecule has 164 valence electrons. The van der Waals surface area contributed by atoms with E-state index in [0.29, 0.717) is 13.0 Å². The summed E-state index contributed by atoms with van der Waals surface area (Å²) in [5.74, 6) is -0.0730. The van der Waals surface area contributed by atoms with Crippen molar-refractivity contribution in [3.63, 3.8) is 0 Å². The lowest BCUT2D eigenvalue weighted by Crippen LogP contribution is -2.04. The molecule has 0 N–H and O–H groups in total. The first-order valence-electron chi connectivity index (χ1n) is 12.2. The molecule has 0 aromatic carbocycles. The molecule has 0 aromatic rings. The minimum absolute atomic E-state index is 0.0730. The normalized spacial score (nSPS) is 11.6. The van der Waals surface area contributed by atoms with E-state index in [1.807, 2.05) is 6.08 Å². The third-order valence-electron chi connectivity index (χ3n) is 5.19. The van der Waals surface area contributed by atoms with Crippen LogP contribution >= 0.6 is 0 Å². The summed E-state index contributed by atoms with van der Waals surface area (Å²) in [6.45, 7) is 4.94. The van der Waals surface area contributed by atoms with Gasteiger partial charge in [-0.2, -0.15) is 0 Å². The zero-order valence-electron chi connectivity index (χ0n) is 19.1. The van der Waals surface area contributed by atoms with Gasteiger partial charge in [0.05, 0.1) is 13.0 Å². The predicted octanol–water partition coefficient (Wildman–Crippen LogP) is 8.70. The van der Waals surface area contributed by atoms with Gasteiger partial charge in [-0.05, 0) is 39.0 Å². The van der Waals surface area contributed by atoms with Crippen molar-refractivity contribution in [2.24, 2.45) is 0 Å². The molecule has 0 saturated heterocycles. The van der Waals surface area contributed by atoms with E-state index >= 15 is 0 Å². The van der Waals surface area contributed by atoms with Gasteiger partial charge in [0.1, 0.15) is 0 Å². The highest BCUT2D eigenvalue weighted by Crippen LogP contribution is 2.10. The van der Waals surface area contributed by atoms with Crippen molar-refractivity contribution in [1.82, 2.24) is 0 Å². The maximum Gasteiger partial charge on any atom is 0.309 e. The van der Waals surface area contributed by atoms with Crippen LogP contribution in [0.25, 0.3) is 0 Å². The average molecular weight is 393 g/mol. The summed E-state index contributed by atoms with van der Waals surface area (Å²) in [6.07, 6.45) is 30.8. The van der Waals surface area contributed by atoms with Crippen LogP contribution in [-0.4, -0.2) is 12.6 Å². The lowest BCUT2D eigenvalue weighted by Gasteiger charge is -2.04. The molecule has 0 saturated carbocycles. The second kappa shape index (κ2) is 24.0. The van der Waals surface area contributed by atoms with Crippen LogP contribution in [0, 0.1) is 0 Å². The SMILES string of the molecule is CC=CCCCCCCCCCOC(=O)CC=CCCCCCCCCCC. The number of carbonyl (C=O) groups excluding carboxylic acids is 1. The van der Waals surface area contributed by atoms with Crippen LogP contribution in [0.3, 0.4) is 0 Å². The molecule has 0 aliphatic carbocycles. The molecule has 2 heteroatoms. The van der Waals surface area contributed by atoms with Crippen LogP contribution < -0.4 is 0 Å². The van der Waals surface area contributed by atoms with Crippen LogP contribution in [0.2, 0.25) is 0 Å². The van der Waals surface area contributed by atoms with E-state index in [0.717, 1.165) is 12.8 Å².